The van der Waals surface area contributed by atoms with Gasteiger partial charge in [-0.25, -0.2) is 0 Å². The Morgan fingerprint density at radius 2 is 2.15 bits per heavy atom. The summed E-state index contributed by atoms with van der Waals surface area (Å²) in [6, 6.07) is 1.61. The molecule has 1 fully saturated rings. The number of rotatable bonds is 3. The van der Waals surface area contributed by atoms with Crippen LogP contribution in [0.1, 0.15) is 40.6 Å². The Bertz CT molecular complexity index is 523. The van der Waals surface area contributed by atoms with E-state index >= 15 is 0 Å². The van der Waals surface area contributed by atoms with Gasteiger partial charge in [0.1, 0.15) is 5.69 Å². The van der Waals surface area contributed by atoms with Crippen LogP contribution in [0.4, 0.5) is 0 Å². The second-order valence-electron chi connectivity index (χ2n) is 5.51. The quantitative estimate of drug-likeness (QED) is 0.833. The highest BCUT2D eigenvalue weighted by Crippen LogP contribution is 2.24. The smallest absolute Gasteiger partial charge is 0.270 e. The molecule has 6 heteroatoms. The summed E-state index contributed by atoms with van der Waals surface area (Å²) in [5.74, 6) is -0.211. The summed E-state index contributed by atoms with van der Waals surface area (Å²) in [6.07, 6.45) is 3.65. The molecule has 0 aliphatic carbocycles. The highest BCUT2D eigenvalue weighted by molar-refractivity contribution is 5.98. The minimum atomic E-state index is -0.526. The maximum absolute atomic E-state index is 12.7. The molecule has 1 aromatic rings. The minimum Gasteiger partial charge on any atom is -0.366 e. The Morgan fingerprint density at radius 3 is 2.70 bits per heavy atom. The lowest BCUT2D eigenvalue weighted by Crippen LogP contribution is -2.51. The monoisotopic (exact) mass is 278 g/mol. The summed E-state index contributed by atoms with van der Waals surface area (Å²) < 4.78 is 1.65. The Hall–Kier alpha value is -1.82. The van der Waals surface area contributed by atoms with Crippen molar-refractivity contribution in [2.45, 2.75) is 25.8 Å². The second-order valence-corrected chi connectivity index (χ2v) is 5.51. The lowest BCUT2D eigenvalue weighted by atomic mass is 9.90. The van der Waals surface area contributed by atoms with E-state index in [1.165, 1.54) is 0 Å². The maximum Gasteiger partial charge on any atom is 0.270 e. The molecular weight excluding hydrogens is 256 g/mol. The Balaban J connectivity index is 2.28. The van der Waals surface area contributed by atoms with Crippen LogP contribution < -0.4 is 11.5 Å². The Labute approximate surface area is 118 Å². The first-order chi connectivity index (χ1) is 9.45. The average molecular weight is 278 g/mol. The van der Waals surface area contributed by atoms with Gasteiger partial charge in [-0.15, -0.1) is 0 Å². The molecule has 1 aliphatic rings. The van der Waals surface area contributed by atoms with Gasteiger partial charge in [0.15, 0.2) is 0 Å². The van der Waals surface area contributed by atoms with E-state index in [0.29, 0.717) is 30.3 Å². The molecule has 1 aromatic heterocycles. The standard InChI is InChI=1S/C14H22N4O2/c1-9-4-3-5-18(12(9)7-15)14(20)11-6-10(13(16)19)8-17(11)2/h6,8-9,12H,3-5,7,15H2,1-2H3,(H2,16,19). The lowest BCUT2D eigenvalue weighted by Gasteiger charge is -2.39. The van der Waals surface area contributed by atoms with Gasteiger partial charge in [-0.05, 0) is 24.8 Å². The van der Waals surface area contributed by atoms with Crippen molar-refractivity contribution in [2.24, 2.45) is 24.4 Å². The zero-order chi connectivity index (χ0) is 14.9. The van der Waals surface area contributed by atoms with Crippen LogP contribution >= 0.6 is 0 Å². The third-order valence-corrected chi connectivity index (χ3v) is 4.13. The van der Waals surface area contributed by atoms with Gasteiger partial charge in [-0.2, -0.15) is 0 Å². The van der Waals surface area contributed by atoms with Crippen LogP contribution in [0.5, 0.6) is 0 Å². The van der Waals surface area contributed by atoms with Gasteiger partial charge in [-0.3, -0.25) is 9.59 Å². The predicted octanol–water partition coefficient (Wildman–Crippen LogP) is 0.323. The van der Waals surface area contributed by atoms with Gasteiger partial charge >= 0.3 is 0 Å². The SMILES string of the molecule is CC1CCCN(C(=O)c2cc(C(N)=O)cn2C)C1CN. The van der Waals surface area contributed by atoms with Crippen LogP contribution in [-0.2, 0) is 7.05 Å². The zero-order valence-corrected chi connectivity index (χ0v) is 12.0. The van der Waals surface area contributed by atoms with Crippen LogP contribution in [-0.4, -0.2) is 40.4 Å². The van der Waals surface area contributed by atoms with Gasteiger partial charge in [0.2, 0.25) is 5.91 Å². The molecular formula is C14H22N4O2. The van der Waals surface area contributed by atoms with E-state index in [1.807, 2.05) is 4.90 Å². The first-order valence-electron chi connectivity index (χ1n) is 6.93. The third-order valence-electron chi connectivity index (χ3n) is 4.13. The predicted molar refractivity (Wildman–Crippen MR) is 76.2 cm³/mol. The molecule has 1 aliphatic heterocycles. The summed E-state index contributed by atoms with van der Waals surface area (Å²) in [5, 5.41) is 0. The van der Waals surface area contributed by atoms with Crippen molar-refractivity contribution in [1.29, 1.82) is 0 Å². The van der Waals surface area contributed by atoms with Gasteiger partial charge in [-0.1, -0.05) is 6.92 Å². The van der Waals surface area contributed by atoms with E-state index in [2.05, 4.69) is 6.92 Å². The van der Waals surface area contributed by atoms with Crippen molar-refractivity contribution in [2.75, 3.05) is 13.1 Å². The normalized spacial score (nSPS) is 22.9. The minimum absolute atomic E-state index is 0.0585. The molecule has 2 amide bonds. The molecule has 0 spiro atoms. The number of hydrogen-bond donors (Lipinski definition) is 2. The fourth-order valence-electron chi connectivity index (χ4n) is 2.92. The van der Waals surface area contributed by atoms with Crippen molar-refractivity contribution in [3.8, 4) is 0 Å². The van der Waals surface area contributed by atoms with Crippen LogP contribution in [0, 0.1) is 5.92 Å². The van der Waals surface area contributed by atoms with Crippen LogP contribution in [0.2, 0.25) is 0 Å². The molecule has 2 atom stereocenters. The van der Waals surface area contributed by atoms with Gasteiger partial charge in [0.05, 0.1) is 5.56 Å². The average Bonchev–Trinajstić information content (AvgIpc) is 2.80. The van der Waals surface area contributed by atoms with Gasteiger partial charge < -0.3 is 20.9 Å². The lowest BCUT2D eigenvalue weighted by molar-refractivity contribution is 0.0523. The molecule has 110 valence electrons. The van der Waals surface area contributed by atoms with Crippen molar-refractivity contribution in [3.05, 3.63) is 23.5 Å². The van der Waals surface area contributed by atoms with Gasteiger partial charge in [0.25, 0.3) is 5.91 Å². The molecule has 1 saturated heterocycles. The molecule has 0 saturated carbocycles. The third kappa shape index (κ3) is 2.56. The summed E-state index contributed by atoms with van der Waals surface area (Å²) in [4.78, 5) is 25.7. The second kappa shape index (κ2) is 5.66. The zero-order valence-electron chi connectivity index (χ0n) is 12.0. The highest BCUT2D eigenvalue weighted by Gasteiger charge is 2.32. The molecule has 6 nitrogen and oxygen atoms in total. The number of primary amides is 1. The Morgan fingerprint density at radius 1 is 1.45 bits per heavy atom. The molecule has 0 radical (unpaired) electrons. The molecule has 0 aromatic carbocycles. The molecule has 2 rings (SSSR count). The number of nitrogens with zero attached hydrogens (tertiary/aromatic N) is 2. The maximum atomic E-state index is 12.7. The summed E-state index contributed by atoms with van der Waals surface area (Å²) >= 11 is 0. The van der Waals surface area contributed by atoms with Crippen molar-refractivity contribution in [1.82, 2.24) is 9.47 Å². The Kier molecular flexibility index (Phi) is 4.13. The number of amides is 2. The van der Waals surface area contributed by atoms with E-state index in [-0.39, 0.29) is 11.9 Å². The first kappa shape index (κ1) is 14.6. The number of aromatic nitrogens is 1. The fourth-order valence-corrected chi connectivity index (χ4v) is 2.92. The number of nitrogens with two attached hydrogens (primary N) is 2. The number of carbonyl (C=O) groups is 2. The number of hydrogen-bond acceptors (Lipinski definition) is 3. The van der Waals surface area contributed by atoms with E-state index < -0.39 is 5.91 Å². The van der Waals surface area contributed by atoms with Crippen molar-refractivity contribution < 1.29 is 9.59 Å². The van der Waals surface area contributed by atoms with Crippen molar-refractivity contribution in [3.63, 3.8) is 0 Å². The molecule has 2 heterocycles. The molecule has 0 bridgehead atoms. The largest absolute Gasteiger partial charge is 0.366 e. The van der Waals surface area contributed by atoms with Crippen LogP contribution in [0.3, 0.4) is 0 Å². The van der Waals surface area contributed by atoms with Gasteiger partial charge in [0, 0.05) is 32.4 Å². The van der Waals surface area contributed by atoms with E-state index in [0.717, 1.165) is 12.8 Å². The number of carbonyl (C=O) groups excluding carboxylic acids is 2. The van der Waals surface area contributed by atoms with E-state index in [4.69, 9.17) is 11.5 Å². The topological polar surface area (TPSA) is 94.3 Å². The summed E-state index contributed by atoms with van der Waals surface area (Å²) in [6.45, 7) is 3.29. The van der Waals surface area contributed by atoms with E-state index in [1.54, 1.807) is 23.9 Å². The summed E-state index contributed by atoms with van der Waals surface area (Å²) in [5.41, 5.74) is 11.9. The molecule has 20 heavy (non-hydrogen) atoms. The molecule has 4 N–H and O–H groups in total. The first-order valence-corrected chi connectivity index (χ1v) is 6.93. The summed E-state index contributed by atoms with van der Waals surface area (Å²) in [7, 11) is 1.74. The van der Waals surface area contributed by atoms with Crippen LogP contribution in [0.15, 0.2) is 12.3 Å². The van der Waals surface area contributed by atoms with E-state index in [9.17, 15) is 9.59 Å². The van der Waals surface area contributed by atoms with Crippen molar-refractivity contribution >= 4 is 11.8 Å². The molecule has 2 unspecified atom stereocenters. The van der Waals surface area contributed by atoms with Crippen LogP contribution in [0.25, 0.3) is 0 Å². The number of likely N-dealkylation sites (tertiary alicyclic amines) is 1. The number of piperidine rings is 1. The fraction of sp³-hybridized carbons (Fsp3) is 0.571. The highest BCUT2D eigenvalue weighted by atomic mass is 16.2. The number of aryl methyl sites for hydroxylation is 1.